The van der Waals surface area contributed by atoms with E-state index in [1.165, 1.54) is 11.1 Å². The first kappa shape index (κ1) is 22.3. The highest BCUT2D eigenvalue weighted by Gasteiger charge is 2.40. The summed E-state index contributed by atoms with van der Waals surface area (Å²) in [7, 11) is 0. The molecule has 2 atom stereocenters. The Morgan fingerprint density at radius 2 is 1.53 bits per heavy atom. The highest BCUT2D eigenvalue weighted by Crippen LogP contribution is 2.31. The third-order valence-electron chi connectivity index (χ3n) is 6.04. The molecule has 164 valence electrons. The van der Waals surface area contributed by atoms with Crippen LogP contribution in [0.2, 0.25) is 0 Å². The molecule has 1 aliphatic heterocycles. The number of rotatable bonds is 8. The maximum Gasteiger partial charge on any atom is 0.226 e. The van der Waals surface area contributed by atoms with Crippen molar-refractivity contribution in [2.24, 2.45) is 11.8 Å². The largest absolute Gasteiger partial charge is 0.342 e. The number of benzene rings is 3. The van der Waals surface area contributed by atoms with Crippen molar-refractivity contribution in [3.05, 3.63) is 101 Å². The fourth-order valence-corrected chi connectivity index (χ4v) is 4.63. The molecule has 1 N–H and O–H groups in total. The van der Waals surface area contributed by atoms with E-state index in [0.717, 1.165) is 23.0 Å². The minimum absolute atomic E-state index is 0.0906. The van der Waals surface area contributed by atoms with Gasteiger partial charge >= 0.3 is 0 Å². The number of carbonyl (C=O) groups excluding carboxylic acids is 2. The fourth-order valence-electron chi connectivity index (χ4n) is 4.37. The first-order valence-electron chi connectivity index (χ1n) is 11.0. The number of hydrogen-bond donors (Lipinski definition) is 1. The van der Waals surface area contributed by atoms with E-state index in [1.807, 2.05) is 65.6 Å². The van der Waals surface area contributed by atoms with Crippen molar-refractivity contribution in [1.82, 2.24) is 4.90 Å². The van der Waals surface area contributed by atoms with E-state index in [9.17, 15) is 9.59 Å². The van der Waals surface area contributed by atoms with Crippen LogP contribution in [0.1, 0.15) is 17.5 Å². The lowest BCUT2D eigenvalue weighted by molar-refractivity contribution is -0.133. The molecule has 1 fully saturated rings. The van der Waals surface area contributed by atoms with E-state index in [4.69, 9.17) is 0 Å². The van der Waals surface area contributed by atoms with Gasteiger partial charge in [-0.15, -0.1) is 0 Å². The summed E-state index contributed by atoms with van der Waals surface area (Å²) < 4.78 is 0.957. The van der Waals surface area contributed by atoms with Crippen molar-refractivity contribution in [3.8, 4) is 0 Å². The van der Waals surface area contributed by atoms with Crippen LogP contribution in [-0.2, 0) is 22.4 Å². The molecule has 3 aromatic rings. The Kier molecular flexibility index (Phi) is 7.38. The maximum absolute atomic E-state index is 13.3. The molecule has 4 nitrogen and oxygen atoms in total. The molecule has 5 heteroatoms. The van der Waals surface area contributed by atoms with E-state index in [1.54, 1.807) is 0 Å². The molecule has 0 aliphatic carbocycles. The van der Waals surface area contributed by atoms with E-state index in [-0.39, 0.29) is 30.1 Å². The van der Waals surface area contributed by atoms with Crippen LogP contribution in [0.15, 0.2) is 89.4 Å². The minimum atomic E-state index is -0.304. The van der Waals surface area contributed by atoms with Crippen LogP contribution in [0.25, 0.3) is 0 Å². The summed E-state index contributed by atoms with van der Waals surface area (Å²) in [6.45, 7) is 1.37. The Labute approximate surface area is 197 Å². The molecule has 4 rings (SSSR count). The van der Waals surface area contributed by atoms with Gasteiger partial charge in [-0.05, 0) is 54.2 Å². The van der Waals surface area contributed by atoms with Crippen molar-refractivity contribution in [2.75, 3.05) is 18.4 Å². The van der Waals surface area contributed by atoms with Crippen LogP contribution in [-0.4, -0.2) is 29.8 Å². The van der Waals surface area contributed by atoms with Crippen LogP contribution in [0.3, 0.4) is 0 Å². The van der Waals surface area contributed by atoms with Crippen LogP contribution >= 0.6 is 15.9 Å². The Morgan fingerprint density at radius 1 is 0.906 bits per heavy atom. The SMILES string of the molecule is O=C(C[C@H]1C(=O)N(CCc2ccccc2)C[C@@H]1Cc1ccccc1)Nc1ccc(Br)cc1. The van der Waals surface area contributed by atoms with Crippen molar-refractivity contribution in [3.63, 3.8) is 0 Å². The molecule has 0 spiro atoms. The number of carbonyl (C=O) groups is 2. The lowest BCUT2D eigenvalue weighted by Crippen LogP contribution is -2.30. The lowest BCUT2D eigenvalue weighted by Gasteiger charge is -2.16. The predicted octanol–water partition coefficient (Wildman–Crippen LogP) is 5.34. The van der Waals surface area contributed by atoms with Gasteiger partial charge < -0.3 is 10.2 Å². The van der Waals surface area contributed by atoms with Crippen LogP contribution in [0.5, 0.6) is 0 Å². The average Bonchev–Trinajstić information content (AvgIpc) is 3.09. The number of nitrogens with zero attached hydrogens (tertiary/aromatic N) is 1. The van der Waals surface area contributed by atoms with E-state index in [0.29, 0.717) is 13.1 Å². The van der Waals surface area contributed by atoms with Crippen LogP contribution < -0.4 is 5.32 Å². The molecule has 1 heterocycles. The first-order valence-corrected chi connectivity index (χ1v) is 11.8. The second-order valence-corrected chi connectivity index (χ2v) is 9.25. The molecule has 1 saturated heterocycles. The van der Waals surface area contributed by atoms with Gasteiger partial charge in [0.2, 0.25) is 11.8 Å². The standard InChI is InChI=1S/C27H27BrN2O2/c28-23-11-13-24(14-12-23)29-26(31)18-25-22(17-21-9-5-2-6-10-21)19-30(27(25)32)16-15-20-7-3-1-4-8-20/h1-14,22,25H,15-19H2,(H,29,31)/t22-,25+/m0/s1. The maximum atomic E-state index is 13.3. The molecule has 0 bridgehead atoms. The number of nitrogens with one attached hydrogen (secondary N) is 1. The number of anilines is 1. The zero-order valence-corrected chi connectivity index (χ0v) is 19.5. The van der Waals surface area contributed by atoms with Crippen LogP contribution in [0.4, 0.5) is 5.69 Å². The molecule has 0 unspecified atom stereocenters. The normalized spacial score (nSPS) is 18.0. The summed E-state index contributed by atoms with van der Waals surface area (Å²) in [4.78, 5) is 28.0. The van der Waals surface area contributed by atoms with E-state index < -0.39 is 0 Å². The molecule has 0 aromatic heterocycles. The molecule has 1 aliphatic rings. The molecular weight excluding hydrogens is 464 g/mol. The Balaban J connectivity index is 1.44. The topological polar surface area (TPSA) is 49.4 Å². The lowest BCUT2D eigenvalue weighted by atomic mass is 9.87. The van der Waals surface area contributed by atoms with Crippen molar-refractivity contribution in [2.45, 2.75) is 19.3 Å². The number of amides is 2. The predicted molar refractivity (Wildman–Crippen MR) is 131 cm³/mol. The highest BCUT2D eigenvalue weighted by molar-refractivity contribution is 9.10. The quantitative estimate of drug-likeness (QED) is 0.463. The third-order valence-corrected chi connectivity index (χ3v) is 6.57. The molecule has 32 heavy (non-hydrogen) atoms. The minimum Gasteiger partial charge on any atom is -0.342 e. The van der Waals surface area contributed by atoms with Gasteiger partial charge in [-0.3, -0.25) is 9.59 Å². The first-order chi connectivity index (χ1) is 15.6. The summed E-state index contributed by atoms with van der Waals surface area (Å²) in [5.41, 5.74) is 3.16. The molecular formula is C27H27BrN2O2. The zero-order valence-electron chi connectivity index (χ0n) is 17.9. The third kappa shape index (κ3) is 5.86. The van der Waals surface area contributed by atoms with Crippen molar-refractivity contribution < 1.29 is 9.59 Å². The highest BCUT2D eigenvalue weighted by atomic mass is 79.9. The Hall–Kier alpha value is -2.92. The van der Waals surface area contributed by atoms with Crippen molar-refractivity contribution >= 4 is 33.4 Å². The summed E-state index contributed by atoms with van der Waals surface area (Å²) >= 11 is 3.41. The van der Waals surface area contributed by atoms with E-state index in [2.05, 4.69) is 45.5 Å². The summed E-state index contributed by atoms with van der Waals surface area (Å²) in [5, 5.41) is 2.94. The van der Waals surface area contributed by atoms with Gasteiger partial charge in [-0.25, -0.2) is 0 Å². The number of hydrogen-bond acceptors (Lipinski definition) is 2. The van der Waals surface area contributed by atoms with Gasteiger partial charge in [0.15, 0.2) is 0 Å². The van der Waals surface area contributed by atoms with Gasteiger partial charge in [-0.2, -0.15) is 0 Å². The number of halogens is 1. The van der Waals surface area contributed by atoms with Gasteiger partial charge in [0, 0.05) is 29.7 Å². The van der Waals surface area contributed by atoms with Gasteiger partial charge in [0.1, 0.15) is 0 Å². The molecule has 0 saturated carbocycles. The Morgan fingerprint density at radius 3 is 2.19 bits per heavy atom. The summed E-state index contributed by atoms with van der Waals surface area (Å²) in [5.74, 6) is -0.209. The smallest absolute Gasteiger partial charge is 0.226 e. The second-order valence-electron chi connectivity index (χ2n) is 8.34. The Bertz CT molecular complexity index is 1040. The van der Waals surface area contributed by atoms with E-state index >= 15 is 0 Å². The molecule has 2 amide bonds. The molecule has 0 radical (unpaired) electrons. The van der Waals surface area contributed by atoms with Crippen LogP contribution in [0, 0.1) is 11.8 Å². The average molecular weight is 491 g/mol. The number of likely N-dealkylation sites (tertiary alicyclic amines) is 1. The summed E-state index contributed by atoms with van der Waals surface area (Å²) in [6.07, 6.45) is 1.82. The molecule has 3 aromatic carbocycles. The van der Waals surface area contributed by atoms with Gasteiger partial charge in [0.25, 0.3) is 0 Å². The second kappa shape index (κ2) is 10.6. The van der Waals surface area contributed by atoms with Gasteiger partial charge in [-0.1, -0.05) is 76.6 Å². The summed E-state index contributed by atoms with van der Waals surface area (Å²) in [6, 6.07) is 27.9. The fraction of sp³-hybridized carbons (Fsp3) is 0.259. The van der Waals surface area contributed by atoms with Gasteiger partial charge in [0.05, 0.1) is 5.92 Å². The zero-order chi connectivity index (χ0) is 22.3. The van der Waals surface area contributed by atoms with Crippen molar-refractivity contribution in [1.29, 1.82) is 0 Å². The monoisotopic (exact) mass is 490 g/mol.